The normalized spacial score (nSPS) is 17.9. The molecule has 0 radical (unpaired) electrons. The molecule has 11 heteroatoms. The Hall–Kier alpha value is -3.37. The van der Waals surface area contributed by atoms with Crippen molar-refractivity contribution in [3.05, 3.63) is 30.3 Å². The van der Waals surface area contributed by atoms with Crippen molar-refractivity contribution in [1.82, 2.24) is 20.3 Å². The van der Waals surface area contributed by atoms with E-state index in [1.807, 2.05) is 0 Å². The predicted octanol–water partition coefficient (Wildman–Crippen LogP) is 3.36. The van der Waals surface area contributed by atoms with Gasteiger partial charge in [0.05, 0.1) is 31.0 Å². The van der Waals surface area contributed by atoms with Crippen molar-refractivity contribution < 1.29 is 31.9 Å². The first-order valence-electron chi connectivity index (χ1n) is 9.54. The number of rotatable bonds is 8. The van der Waals surface area contributed by atoms with E-state index < -0.39 is 17.7 Å². The minimum atomic E-state index is -2.71. The molecule has 31 heavy (non-hydrogen) atoms. The number of pyridine rings is 2. The van der Waals surface area contributed by atoms with Crippen molar-refractivity contribution in [2.24, 2.45) is 5.92 Å². The van der Waals surface area contributed by atoms with Crippen molar-refractivity contribution in [3.63, 3.8) is 0 Å². The molecule has 3 heterocycles. The molecule has 0 bridgehead atoms. The van der Waals surface area contributed by atoms with Gasteiger partial charge in [-0.2, -0.15) is 0 Å². The second-order valence-electron chi connectivity index (χ2n) is 7.40. The third-order valence-electron chi connectivity index (χ3n) is 4.61. The molecule has 1 aliphatic carbocycles. The molecule has 4 rings (SSSR count). The molecule has 0 saturated heterocycles. The summed E-state index contributed by atoms with van der Waals surface area (Å²) in [6.07, 6.45) is 2.41. The number of nitrogens with zero attached hydrogens (tertiary/aromatic N) is 3. The van der Waals surface area contributed by atoms with Crippen LogP contribution in [0.15, 0.2) is 28.9 Å². The standard InChI is InChI=1S/C20H19F3N4O4/c1-10(26-11(2)28)8-30-17-4-16-15(7-24-17)27-19(31-16)18-14(21)3-13(6-25-18)29-9-12-5-20(12,22)23/h3-4,6-7,10,12H,5,8-9H2,1-2H3,(H,26,28)/t10-,12+/m0/s1. The first-order valence-corrected chi connectivity index (χ1v) is 9.54. The van der Waals surface area contributed by atoms with Gasteiger partial charge >= 0.3 is 0 Å². The van der Waals surface area contributed by atoms with E-state index in [-0.39, 0.29) is 54.8 Å². The van der Waals surface area contributed by atoms with E-state index in [0.29, 0.717) is 11.1 Å². The summed E-state index contributed by atoms with van der Waals surface area (Å²) in [6.45, 7) is 3.19. The molecule has 1 aliphatic rings. The molecule has 0 aliphatic heterocycles. The molecule has 1 amide bonds. The largest absolute Gasteiger partial charge is 0.491 e. The van der Waals surface area contributed by atoms with E-state index in [4.69, 9.17) is 13.9 Å². The number of nitrogens with one attached hydrogen (secondary N) is 1. The first kappa shape index (κ1) is 20.9. The molecule has 0 unspecified atom stereocenters. The van der Waals surface area contributed by atoms with Crippen LogP contribution in [0, 0.1) is 11.7 Å². The van der Waals surface area contributed by atoms with Gasteiger partial charge in [0.1, 0.15) is 17.9 Å². The zero-order valence-corrected chi connectivity index (χ0v) is 16.7. The number of oxazole rings is 1. The van der Waals surface area contributed by atoms with Gasteiger partial charge < -0.3 is 19.2 Å². The van der Waals surface area contributed by atoms with Crippen molar-refractivity contribution in [2.45, 2.75) is 32.2 Å². The topological polar surface area (TPSA) is 99.4 Å². The Labute approximate surface area is 174 Å². The summed E-state index contributed by atoms with van der Waals surface area (Å²) < 4.78 is 56.6. The van der Waals surface area contributed by atoms with Crippen LogP contribution in [0.3, 0.4) is 0 Å². The van der Waals surface area contributed by atoms with Crippen LogP contribution >= 0.6 is 0 Å². The fourth-order valence-electron chi connectivity index (χ4n) is 2.90. The molecule has 0 spiro atoms. The summed E-state index contributed by atoms with van der Waals surface area (Å²) >= 11 is 0. The van der Waals surface area contributed by atoms with E-state index in [0.717, 1.165) is 6.07 Å². The summed E-state index contributed by atoms with van der Waals surface area (Å²) in [6, 6.07) is 2.33. The summed E-state index contributed by atoms with van der Waals surface area (Å²) in [5.41, 5.74) is 0.529. The minimum absolute atomic E-state index is 0.0469. The lowest BCUT2D eigenvalue weighted by Crippen LogP contribution is -2.35. The molecule has 164 valence electrons. The van der Waals surface area contributed by atoms with Crippen molar-refractivity contribution in [1.29, 1.82) is 0 Å². The number of fused-ring (bicyclic) bond motifs is 1. The van der Waals surface area contributed by atoms with Gasteiger partial charge in [-0.1, -0.05) is 0 Å². The Kier molecular flexibility index (Phi) is 5.42. The van der Waals surface area contributed by atoms with E-state index in [1.54, 1.807) is 6.92 Å². The zero-order chi connectivity index (χ0) is 22.2. The number of ether oxygens (including phenoxy) is 2. The number of hydrogen-bond acceptors (Lipinski definition) is 7. The van der Waals surface area contributed by atoms with Crippen LogP contribution in [0.25, 0.3) is 22.7 Å². The number of amides is 1. The number of carbonyl (C=O) groups excluding carboxylic acids is 1. The second-order valence-corrected chi connectivity index (χ2v) is 7.40. The Bertz CT molecular complexity index is 1120. The average Bonchev–Trinajstić information content (AvgIpc) is 3.11. The van der Waals surface area contributed by atoms with Crippen molar-refractivity contribution in [2.75, 3.05) is 13.2 Å². The average molecular weight is 436 g/mol. The highest BCUT2D eigenvalue weighted by molar-refractivity contribution is 5.75. The number of carbonyl (C=O) groups is 1. The molecule has 2 atom stereocenters. The Morgan fingerprint density at radius 3 is 2.77 bits per heavy atom. The lowest BCUT2D eigenvalue weighted by atomic mass is 10.3. The van der Waals surface area contributed by atoms with E-state index in [2.05, 4.69) is 20.3 Å². The molecule has 1 N–H and O–H groups in total. The van der Waals surface area contributed by atoms with Gasteiger partial charge in [0.25, 0.3) is 5.92 Å². The number of aromatic nitrogens is 3. The SMILES string of the molecule is CC(=O)N[C@@H](C)COc1cc2oc(-c3ncc(OC[C@H]4CC4(F)F)cc3F)nc2cn1. The van der Waals surface area contributed by atoms with Gasteiger partial charge in [-0.05, 0) is 6.92 Å². The quantitative estimate of drug-likeness (QED) is 0.578. The Morgan fingerprint density at radius 1 is 1.32 bits per heavy atom. The third kappa shape index (κ3) is 4.86. The molecule has 8 nitrogen and oxygen atoms in total. The van der Waals surface area contributed by atoms with Crippen LogP contribution in [-0.2, 0) is 4.79 Å². The number of alkyl halides is 2. The fourth-order valence-corrected chi connectivity index (χ4v) is 2.90. The third-order valence-corrected chi connectivity index (χ3v) is 4.61. The smallest absolute Gasteiger partial charge is 0.255 e. The maximum absolute atomic E-state index is 14.5. The van der Waals surface area contributed by atoms with Crippen molar-refractivity contribution in [3.8, 4) is 23.2 Å². The highest BCUT2D eigenvalue weighted by Gasteiger charge is 2.57. The fraction of sp³-hybridized carbons (Fsp3) is 0.400. The van der Waals surface area contributed by atoms with Crippen LogP contribution in [0.5, 0.6) is 11.6 Å². The molecular formula is C20H19F3N4O4. The summed E-state index contributed by atoms with van der Waals surface area (Å²) in [5.74, 6) is -4.26. The van der Waals surface area contributed by atoms with Crippen LogP contribution in [0.2, 0.25) is 0 Å². The van der Waals surface area contributed by atoms with E-state index >= 15 is 0 Å². The van der Waals surface area contributed by atoms with Gasteiger partial charge in [-0.3, -0.25) is 4.79 Å². The van der Waals surface area contributed by atoms with Gasteiger partial charge in [-0.15, -0.1) is 0 Å². The molecular weight excluding hydrogens is 417 g/mol. The summed E-state index contributed by atoms with van der Waals surface area (Å²) in [5, 5.41) is 2.68. The maximum Gasteiger partial charge on any atom is 0.255 e. The van der Waals surface area contributed by atoms with Crippen molar-refractivity contribution >= 4 is 17.0 Å². The highest BCUT2D eigenvalue weighted by atomic mass is 19.3. The predicted molar refractivity (Wildman–Crippen MR) is 102 cm³/mol. The summed E-state index contributed by atoms with van der Waals surface area (Å²) in [7, 11) is 0. The lowest BCUT2D eigenvalue weighted by Gasteiger charge is -2.12. The Balaban J connectivity index is 1.44. The van der Waals surface area contributed by atoms with Gasteiger partial charge in [0, 0.05) is 25.5 Å². The monoisotopic (exact) mass is 436 g/mol. The van der Waals surface area contributed by atoms with Gasteiger partial charge in [0.2, 0.25) is 17.7 Å². The molecule has 1 saturated carbocycles. The molecule has 3 aromatic rings. The van der Waals surface area contributed by atoms with E-state index in [1.165, 1.54) is 25.4 Å². The first-order chi connectivity index (χ1) is 14.7. The van der Waals surface area contributed by atoms with Crippen LogP contribution in [0.4, 0.5) is 13.2 Å². The van der Waals surface area contributed by atoms with Gasteiger partial charge in [0.15, 0.2) is 17.1 Å². The van der Waals surface area contributed by atoms with Crippen LogP contribution in [0.1, 0.15) is 20.3 Å². The second kappa shape index (κ2) is 8.05. The molecule has 1 fully saturated rings. The van der Waals surface area contributed by atoms with E-state index in [9.17, 15) is 18.0 Å². The minimum Gasteiger partial charge on any atom is -0.491 e. The number of halogens is 3. The van der Waals surface area contributed by atoms with Gasteiger partial charge in [-0.25, -0.2) is 28.1 Å². The maximum atomic E-state index is 14.5. The van der Waals surface area contributed by atoms with Crippen LogP contribution < -0.4 is 14.8 Å². The van der Waals surface area contributed by atoms with Crippen LogP contribution in [-0.4, -0.2) is 46.0 Å². The summed E-state index contributed by atoms with van der Waals surface area (Å²) in [4.78, 5) is 23.3. The number of hydrogen-bond donors (Lipinski definition) is 1. The highest BCUT2D eigenvalue weighted by Crippen LogP contribution is 2.48. The zero-order valence-electron chi connectivity index (χ0n) is 16.7. The Morgan fingerprint density at radius 2 is 2.10 bits per heavy atom. The lowest BCUT2D eigenvalue weighted by molar-refractivity contribution is -0.119. The molecule has 3 aromatic heterocycles. The molecule has 0 aromatic carbocycles.